The Kier molecular flexibility index (Phi) is 54.6. The number of carbonyl (C=O) groups is 3. The number of ether oxygens (including phenoxy) is 3. The van der Waals surface area contributed by atoms with Crippen LogP contribution in [-0.2, 0) is 28.6 Å². The van der Waals surface area contributed by atoms with Gasteiger partial charge in [0.15, 0.2) is 6.10 Å². The maximum Gasteiger partial charge on any atom is 0.306 e. The van der Waals surface area contributed by atoms with Crippen LogP contribution in [0.2, 0.25) is 0 Å². The summed E-state index contributed by atoms with van der Waals surface area (Å²) >= 11 is 0. The zero-order chi connectivity index (χ0) is 52.9. The molecule has 0 saturated carbocycles. The summed E-state index contributed by atoms with van der Waals surface area (Å²) < 4.78 is 16.7. The van der Waals surface area contributed by atoms with Crippen LogP contribution in [0.25, 0.3) is 0 Å². The van der Waals surface area contributed by atoms with Gasteiger partial charge in [-0.1, -0.05) is 222 Å². The SMILES string of the molecule is CC/C=C\C/C=C\C/C=C\C/C=C\C/C=C\C/C=C\CCC(=O)OC[C@H](COC(=O)CCCCC/C=C\C/C=C\C/C=C\C/C=C\CCCCC)OC(=O)CCC/C=C\C/C=C\C/C=C\C/C=C\C/C=C\CC. The molecule has 0 amide bonds. The Hall–Kier alpha value is -5.49. The molecule has 0 fully saturated rings. The second-order valence-corrected chi connectivity index (χ2v) is 17.7. The van der Waals surface area contributed by atoms with Crippen LogP contribution in [-0.4, -0.2) is 37.2 Å². The summed E-state index contributed by atoms with van der Waals surface area (Å²) in [6.07, 6.45) is 88.9. The molecule has 6 heteroatoms. The lowest BCUT2D eigenvalue weighted by Crippen LogP contribution is -2.30. The number of allylic oxidation sites excluding steroid dienone is 30. The van der Waals surface area contributed by atoms with Gasteiger partial charge < -0.3 is 14.2 Å². The van der Waals surface area contributed by atoms with Crippen molar-refractivity contribution >= 4 is 17.9 Å². The number of esters is 3. The molecule has 0 saturated heterocycles. The molecule has 0 aromatic carbocycles. The fourth-order valence-corrected chi connectivity index (χ4v) is 6.72. The van der Waals surface area contributed by atoms with Crippen molar-refractivity contribution in [2.45, 2.75) is 207 Å². The fourth-order valence-electron chi connectivity index (χ4n) is 6.72. The van der Waals surface area contributed by atoms with Gasteiger partial charge in [0.2, 0.25) is 0 Å². The number of hydrogen-bond acceptors (Lipinski definition) is 6. The van der Waals surface area contributed by atoms with Crippen LogP contribution >= 0.6 is 0 Å². The van der Waals surface area contributed by atoms with Crippen LogP contribution in [0.1, 0.15) is 201 Å². The largest absolute Gasteiger partial charge is 0.462 e. The maximum absolute atomic E-state index is 12.8. The zero-order valence-corrected chi connectivity index (χ0v) is 46.1. The summed E-state index contributed by atoms with van der Waals surface area (Å²) in [5.74, 6) is -1.14. The highest BCUT2D eigenvalue weighted by Crippen LogP contribution is 2.10. The van der Waals surface area contributed by atoms with E-state index >= 15 is 0 Å². The first-order chi connectivity index (χ1) is 36.0. The molecule has 0 bridgehead atoms. The van der Waals surface area contributed by atoms with Gasteiger partial charge in [-0.15, -0.1) is 0 Å². The Labute approximate surface area is 446 Å². The van der Waals surface area contributed by atoms with E-state index in [-0.39, 0.29) is 44.4 Å². The second-order valence-electron chi connectivity index (χ2n) is 17.7. The van der Waals surface area contributed by atoms with E-state index in [1.165, 1.54) is 25.7 Å². The van der Waals surface area contributed by atoms with Crippen molar-refractivity contribution in [3.05, 3.63) is 182 Å². The van der Waals surface area contributed by atoms with Crippen molar-refractivity contribution in [3.8, 4) is 0 Å². The monoisotopic (exact) mass is 1000 g/mol. The summed E-state index contributed by atoms with van der Waals surface area (Å²) in [5, 5.41) is 0. The third kappa shape index (κ3) is 57.3. The molecule has 0 spiro atoms. The molecular weight excluding hydrogens is 901 g/mol. The van der Waals surface area contributed by atoms with Gasteiger partial charge in [-0.2, -0.15) is 0 Å². The van der Waals surface area contributed by atoms with Gasteiger partial charge in [-0.05, 0) is 141 Å². The first-order valence-corrected chi connectivity index (χ1v) is 28.3. The van der Waals surface area contributed by atoms with Crippen molar-refractivity contribution in [1.29, 1.82) is 0 Å². The highest BCUT2D eigenvalue weighted by Gasteiger charge is 2.19. The standard InChI is InChI=1S/C67H100O6/c1-4-7-10-13-16-19-22-25-28-31-33-36-38-41-44-47-50-53-56-59-65(68)71-62-64(73-67(70)61-58-55-52-49-46-43-40-35-30-27-24-21-18-15-12-9-6-3)63-72-66(69)60-57-54-51-48-45-42-39-37-34-32-29-26-23-20-17-14-11-8-5-2/h7,9-10,12,16-21,25-30,33-34,36-37,40-45,49-50,52-53,64H,4-6,8,11,13-15,22-24,31-32,35,38-39,46-48,51,54-63H2,1-3H3/b10-7-,12-9-,19-16-,20-17-,21-18-,28-25-,29-26-,30-27-,36-33-,37-34-,43-40-,44-41-,45-42-,52-49-,53-50-/t64-/m1/s1. The minimum Gasteiger partial charge on any atom is -0.462 e. The van der Waals surface area contributed by atoms with Crippen LogP contribution in [0, 0.1) is 0 Å². The number of unbranched alkanes of at least 4 members (excludes halogenated alkanes) is 7. The average Bonchev–Trinajstić information content (AvgIpc) is 3.39. The van der Waals surface area contributed by atoms with Crippen LogP contribution < -0.4 is 0 Å². The Bertz CT molecular complexity index is 1770. The molecule has 0 aromatic heterocycles. The van der Waals surface area contributed by atoms with Gasteiger partial charge in [0.25, 0.3) is 0 Å². The maximum atomic E-state index is 12.8. The molecule has 0 aromatic rings. The molecule has 0 rings (SSSR count). The molecule has 0 unspecified atom stereocenters. The minimum atomic E-state index is -0.863. The molecule has 1 atom stereocenters. The molecule has 0 N–H and O–H groups in total. The van der Waals surface area contributed by atoms with Gasteiger partial charge in [0, 0.05) is 19.3 Å². The number of hydrogen-bond donors (Lipinski definition) is 0. The van der Waals surface area contributed by atoms with Gasteiger partial charge in [0.05, 0.1) is 0 Å². The van der Waals surface area contributed by atoms with Crippen molar-refractivity contribution < 1.29 is 28.6 Å². The fraction of sp³-hybridized carbons (Fsp3) is 0.507. The molecular formula is C67H100O6. The summed E-state index contributed by atoms with van der Waals surface area (Å²) in [5.41, 5.74) is 0. The zero-order valence-electron chi connectivity index (χ0n) is 46.1. The number of rotatable bonds is 48. The van der Waals surface area contributed by atoms with Gasteiger partial charge in [-0.3, -0.25) is 14.4 Å². The molecule has 0 aliphatic carbocycles. The predicted molar refractivity (Wildman–Crippen MR) is 315 cm³/mol. The van der Waals surface area contributed by atoms with Crippen LogP contribution in [0.4, 0.5) is 0 Å². The minimum absolute atomic E-state index is 0.151. The molecule has 73 heavy (non-hydrogen) atoms. The van der Waals surface area contributed by atoms with Crippen molar-refractivity contribution in [3.63, 3.8) is 0 Å². The third-order valence-corrected chi connectivity index (χ3v) is 10.9. The van der Waals surface area contributed by atoms with Crippen LogP contribution in [0.5, 0.6) is 0 Å². The quantitative estimate of drug-likeness (QED) is 0.0262. The van der Waals surface area contributed by atoms with Crippen molar-refractivity contribution in [2.24, 2.45) is 0 Å². The molecule has 6 nitrogen and oxygen atoms in total. The molecule has 0 radical (unpaired) electrons. The van der Waals surface area contributed by atoms with E-state index in [0.29, 0.717) is 12.8 Å². The van der Waals surface area contributed by atoms with Gasteiger partial charge >= 0.3 is 17.9 Å². The molecule has 0 aliphatic rings. The van der Waals surface area contributed by atoms with Crippen LogP contribution in [0.3, 0.4) is 0 Å². The van der Waals surface area contributed by atoms with Crippen LogP contribution in [0.15, 0.2) is 182 Å². The Morgan fingerprint density at radius 2 is 0.575 bits per heavy atom. The summed E-state index contributed by atoms with van der Waals surface area (Å²) in [6, 6.07) is 0. The van der Waals surface area contributed by atoms with E-state index in [9.17, 15) is 14.4 Å². The first kappa shape index (κ1) is 67.5. The summed E-state index contributed by atoms with van der Waals surface area (Å²) in [4.78, 5) is 38.1. The third-order valence-electron chi connectivity index (χ3n) is 10.9. The van der Waals surface area contributed by atoms with E-state index in [1.807, 2.05) is 12.2 Å². The average molecular weight is 1000 g/mol. The normalized spacial score (nSPS) is 13.5. The lowest BCUT2D eigenvalue weighted by Gasteiger charge is -2.18. The van der Waals surface area contributed by atoms with E-state index in [4.69, 9.17) is 14.2 Å². The van der Waals surface area contributed by atoms with Gasteiger partial charge in [0.1, 0.15) is 13.2 Å². The first-order valence-electron chi connectivity index (χ1n) is 28.3. The van der Waals surface area contributed by atoms with Gasteiger partial charge in [-0.25, -0.2) is 0 Å². The number of carbonyl (C=O) groups excluding carboxylic acids is 3. The van der Waals surface area contributed by atoms with E-state index in [2.05, 4.69) is 191 Å². The molecule has 0 aliphatic heterocycles. The highest BCUT2D eigenvalue weighted by atomic mass is 16.6. The summed E-state index contributed by atoms with van der Waals surface area (Å²) in [6.45, 7) is 6.21. The van der Waals surface area contributed by atoms with Crippen molar-refractivity contribution in [2.75, 3.05) is 13.2 Å². The topological polar surface area (TPSA) is 78.9 Å². The molecule has 404 valence electrons. The van der Waals surface area contributed by atoms with E-state index in [1.54, 1.807) is 0 Å². The lowest BCUT2D eigenvalue weighted by molar-refractivity contribution is -0.166. The predicted octanol–water partition coefficient (Wildman–Crippen LogP) is 19.3. The van der Waals surface area contributed by atoms with E-state index < -0.39 is 12.1 Å². The Balaban J connectivity index is 4.69. The Morgan fingerprint density at radius 3 is 0.932 bits per heavy atom. The summed E-state index contributed by atoms with van der Waals surface area (Å²) in [7, 11) is 0. The van der Waals surface area contributed by atoms with Crippen molar-refractivity contribution in [1.82, 2.24) is 0 Å². The lowest BCUT2D eigenvalue weighted by atomic mass is 10.1. The second kappa shape index (κ2) is 59.1. The molecule has 0 heterocycles. The Morgan fingerprint density at radius 1 is 0.288 bits per heavy atom. The van der Waals surface area contributed by atoms with E-state index in [0.717, 1.165) is 122 Å². The smallest absolute Gasteiger partial charge is 0.306 e. The highest BCUT2D eigenvalue weighted by molar-refractivity contribution is 5.71.